The molecular formula is C18H18ClNO6. The van der Waals surface area contributed by atoms with Crippen LogP contribution in [-0.4, -0.2) is 45.4 Å². The molecule has 1 aromatic rings. The summed E-state index contributed by atoms with van der Waals surface area (Å²) >= 11 is 6.12. The fourth-order valence-corrected chi connectivity index (χ4v) is 3.07. The molecule has 0 spiro atoms. The smallest absolute Gasteiger partial charge is 0.342 e. The molecule has 3 N–H and O–H groups in total. The van der Waals surface area contributed by atoms with Gasteiger partial charge in [0.15, 0.2) is 0 Å². The predicted octanol–water partition coefficient (Wildman–Crippen LogP) is 2.95. The highest BCUT2D eigenvalue weighted by atomic mass is 35.5. The third kappa shape index (κ3) is 3.84. The second kappa shape index (κ2) is 7.39. The molecule has 0 radical (unpaired) electrons. The van der Waals surface area contributed by atoms with Gasteiger partial charge in [0.05, 0.1) is 16.8 Å². The Morgan fingerprint density at radius 3 is 2.77 bits per heavy atom. The summed E-state index contributed by atoms with van der Waals surface area (Å²) in [5.74, 6) is -1.63. The van der Waals surface area contributed by atoms with Crippen LogP contribution in [0.5, 0.6) is 11.5 Å². The average Bonchev–Trinajstić information content (AvgIpc) is 3.31. The van der Waals surface area contributed by atoms with Crippen LogP contribution >= 0.6 is 11.6 Å². The van der Waals surface area contributed by atoms with Crippen molar-refractivity contribution in [3.05, 3.63) is 46.5 Å². The number of cyclic esters (lactones) is 1. The number of phenolic OH excluding ortho intramolecular Hbond substituents is 2. The number of rotatable bonds is 0. The number of aromatic hydroxyl groups is 2. The number of carbonyl (C=O) groups is 1. The molecule has 7 nitrogen and oxygen atoms in total. The highest BCUT2D eigenvalue weighted by molar-refractivity contribution is 6.33. The van der Waals surface area contributed by atoms with Crippen LogP contribution in [0.25, 0.3) is 0 Å². The number of benzene rings is 1. The molecule has 0 amide bonds. The normalized spacial score (nSPS) is 29.8. The standard InChI is InChI=1S/C18H18ClNO6/c1-9-6-15-14(26-15)5-3-2-4-10(20-24)7-11-16(18(23)25-9)12(21)8-13(22)17(11)19/h2-5,8-9,14-15,21-22,24H,6-7H2,1H3/b4-2+,5-3+,20-10+/t9-,14+,15+/m1/s1. The molecule has 3 atom stereocenters. The average molecular weight is 380 g/mol. The Hall–Kier alpha value is -2.51. The number of hydrogen-bond donors (Lipinski definition) is 3. The Kier molecular flexibility index (Phi) is 5.20. The second-order valence-corrected chi connectivity index (χ2v) is 6.56. The Labute approximate surface area is 154 Å². The Morgan fingerprint density at radius 2 is 2.04 bits per heavy atom. The molecule has 1 saturated heterocycles. The topological polar surface area (TPSA) is 112 Å². The zero-order valence-corrected chi connectivity index (χ0v) is 14.7. The summed E-state index contributed by atoms with van der Waals surface area (Å²) < 4.78 is 10.9. The lowest BCUT2D eigenvalue weighted by Crippen LogP contribution is -2.19. The van der Waals surface area contributed by atoms with Gasteiger partial charge in [-0.05, 0) is 18.6 Å². The van der Waals surface area contributed by atoms with Crippen molar-refractivity contribution in [1.29, 1.82) is 0 Å². The zero-order chi connectivity index (χ0) is 18.8. The van der Waals surface area contributed by atoms with E-state index in [1.165, 1.54) is 6.08 Å². The van der Waals surface area contributed by atoms with Gasteiger partial charge >= 0.3 is 5.97 Å². The number of allylic oxidation sites excluding steroid dienone is 3. The van der Waals surface area contributed by atoms with Crippen LogP contribution in [0.1, 0.15) is 29.3 Å². The van der Waals surface area contributed by atoms with Crippen molar-refractivity contribution < 1.29 is 29.7 Å². The molecule has 1 aromatic carbocycles. The number of carbonyl (C=O) groups excluding carboxylic acids is 1. The van der Waals surface area contributed by atoms with Crippen molar-refractivity contribution in [3.8, 4) is 11.5 Å². The summed E-state index contributed by atoms with van der Waals surface area (Å²) in [5.41, 5.74) is 0.115. The molecule has 2 aliphatic rings. The fourth-order valence-electron chi connectivity index (χ4n) is 2.86. The molecular weight excluding hydrogens is 362 g/mol. The summed E-state index contributed by atoms with van der Waals surface area (Å²) in [6, 6.07) is 0.977. The van der Waals surface area contributed by atoms with E-state index in [1.54, 1.807) is 19.1 Å². The van der Waals surface area contributed by atoms with Gasteiger partial charge < -0.3 is 24.9 Å². The van der Waals surface area contributed by atoms with Crippen molar-refractivity contribution in [2.75, 3.05) is 0 Å². The molecule has 26 heavy (non-hydrogen) atoms. The van der Waals surface area contributed by atoms with Crippen LogP contribution in [0.4, 0.5) is 0 Å². The first kappa shape index (κ1) is 18.3. The van der Waals surface area contributed by atoms with Gasteiger partial charge in [-0.25, -0.2) is 4.79 Å². The number of phenols is 2. The van der Waals surface area contributed by atoms with E-state index >= 15 is 0 Å². The molecule has 138 valence electrons. The van der Waals surface area contributed by atoms with E-state index in [-0.39, 0.29) is 46.2 Å². The van der Waals surface area contributed by atoms with Crippen LogP contribution in [0.3, 0.4) is 0 Å². The van der Waals surface area contributed by atoms with Crippen molar-refractivity contribution >= 4 is 23.3 Å². The molecule has 1 fully saturated rings. The first-order chi connectivity index (χ1) is 12.4. The molecule has 2 heterocycles. The SMILES string of the molecule is C[C@@H]1C[C@@H]2O[C@H]2/C=C/C=C/C(=N\O)Cc2c(Cl)c(O)cc(O)c2C(=O)O1. The summed E-state index contributed by atoms with van der Waals surface area (Å²) in [5, 5.41) is 32.3. The lowest BCUT2D eigenvalue weighted by atomic mass is 9.99. The van der Waals surface area contributed by atoms with Gasteiger partial charge in [0.1, 0.15) is 29.3 Å². The molecule has 0 saturated carbocycles. The van der Waals surface area contributed by atoms with E-state index in [1.807, 2.05) is 6.08 Å². The van der Waals surface area contributed by atoms with Gasteiger partial charge in [0, 0.05) is 18.9 Å². The Bertz CT molecular complexity index is 816. The van der Waals surface area contributed by atoms with Crippen LogP contribution in [0.15, 0.2) is 35.5 Å². The molecule has 0 bridgehead atoms. The van der Waals surface area contributed by atoms with E-state index in [9.17, 15) is 20.2 Å². The van der Waals surface area contributed by atoms with Crippen LogP contribution in [0, 0.1) is 0 Å². The number of halogens is 1. The van der Waals surface area contributed by atoms with Gasteiger partial charge in [-0.1, -0.05) is 35.0 Å². The van der Waals surface area contributed by atoms with Crippen LogP contribution in [-0.2, 0) is 15.9 Å². The molecule has 8 heteroatoms. The number of epoxide rings is 1. The quantitative estimate of drug-likeness (QED) is 0.276. The summed E-state index contributed by atoms with van der Waals surface area (Å²) in [4.78, 5) is 12.6. The number of oxime groups is 1. The fraction of sp³-hybridized carbons (Fsp3) is 0.333. The number of nitrogens with zero attached hydrogens (tertiary/aromatic N) is 1. The maximum absolute atomic E-state index is 12.6. The number of esters is 1. The Morgan fingerprint density at radius 1 is 1.27 bits per heavy atom. The summed E-state index contributed by atoms with van der Waals surface area (Å²) in [6.07, 6.45) is 6.68. The zero-order valence-electron chi connectivity index (χ0n) is 13.9. The maximum Gasteiger partial charge on any atom is 0.342 e. The van der Waals surface area contributed by atoms with Crippen LogP contribution < -0.4 is 0 Å². The predicted molar refractivity (Wildman–Crippen MR) is 94.1 cm³/mol. The number of fused-ring (bicyclic) bond motifs is 2. The number of hydrogen-bond acceptors (Lipinski definition) is 7. The minimum atomic E-state index is -0.780. The lowest BCUT2D eigenvalue weighted by molar-refractivity contribution is 0.0306. The van der Waals surface area contributed by atoms with Gasteiger partial charge in [-0.3, -0.25) is 0 Å². The highest BCUT2D eigenvalue weighted by Gasteiger charge is 2.38. The number of ether oxygens (including phenoxy) is 2. The monoisotopic (exact) mass is 379 g/mol. The molecule has 0 unspecified atom stereocenters. The van der Waals surface area contributed by atoms with E-state index in [4.69, 9.17) is 21.1 Å². The van der Waals surface area contributed by atoms with Gasteiger partial charge in [-0.15, -0.1) is 0 Å². The third-order valence-electron chi connectivity index (χ3n) is 4.21. The van der Waals surface area contributed by atoms with Crippen molar-refractivity contribution in [2.45, 2.75) is 38.1 Å². The van der Waals surface area contributed by atoms with Crippen molar-refractivity contribution in [1.82, 2.24) is 0 Å². The minimum absolute atomic E-state index is 0.0483. The van der Waals surface area contributed by atoms with E-state index in [0.29, 0.717) is 6.42 Å². The van der Waals surface area contributed by atoms with Crippen LogP contribution in [0.2, 0.25) is 5.02 Å². The van der Waals surface area contributed by atoms with E-state index in [0.717, 1.165) is 6.07 Å². The molecule has 2 aliphatic heterocycles. The third-order valence-corrected chi connectivity index (χ3v) is 4.63. The Balaban J connectivity index is 2.05. The first-order valence-electron chi connectivity index (χ1n) is 8.06. The van der Waals surface area contributed by atoms with Crippen molar-refractivity contribution in [3.63, 3.8) is 0 Å². The van der Waals surface area contributed by atoms with E-state index < -0.39 is 17.8 Å². The molecule has 0 aliphatic carbocycles. The molecule has 3 rings (SSSR count). The molecule has 0 aromatic heterocycles. The van der Waals surface area contributed by atoms with Crippen molar-refractivity contribution in [2.24, 2.45) is 5.16 Å². The minimum Gasteiger partial charge on any atom is -0.507 e. The largest absolute Gasteiger partial charge is 0.507 e. The highest BCUT2D eigenvalue weighted by Crippen LogP contribution is 2.37. The first-order valence-corrected chi connectivity index (χ1v) is 8.44. The van der Waals surface area contributed by atoms with Gasteiger partial charge in [0.2, 0.25) is 0 Å². The van der Waals surface area contributed by atoms with Gasteiger partial charge in [-0.2, -0.15) is 0 Å². The van der Waals surface area contributed by atoms with Gasteiger partial charge in [0.25, 0.3) is 0 Å². The maximum atomic E-state index is 12.6. The summed E-state index contributed by atoms with van der Waals surface area (Å²) in [6.45, 7) is 1.73. The second-order valence-electron chi connectivity index (χ2n) is 6.19. The van der Waals surface area contributed by atoms with E-state index in [2.05, 4.69) is 5.16 Å². The summed E-state index contributed by atoms with van der Waals surface area (Å²) in [7, 11) is 0. The lowest BCUT2D eigenvalue weighted by Gasteiger charge is -2.17.